The SMILES string of the molecule is CC1CCCCCC(O)(C(F)(F)F)c2nnc(o2)-c2nc(c(C(F)(F)F)cc2NC(=O)OC(C)(C)C)C1. The highest BCUT2D eigenvalue weighted by Gasteiger charge is 2.58. The molecule has 2 N–H and O–H groups in total. The lowest BCUT2D eigenvalue weighted by molar-refractivity contribution is -0.277. The lowest BCUT2D eigenvalue weighted by atomic mass is 9.92. The highest BCUT2D eigenvalue weighted by atomic mass is 19.4. The molecule has 0 spiro atoms. The van der Waals surface area contributed by atoms with E-state index >= 15 is 0 Å². The largest absolute Gasteiger partial charge is 0.444 e. The number of aromatic nitrogens is 3. The van der Waals surface area contributed by atoms with Crippen molar-refractivity contribution in [1.82, 2.24) is 15.2 Å². The lowest BCUT2D eigenvalue weighted by Gasteiger charge is -2.27. The molecule has 0 aliphatic carbocycles. The Labute approximate surface area is 208 Å². The third kappa shape index (κ3) is 6.70. The predicted molar refractivity (Wildman–Crippen MR) is 118 cm³/mol. The average molecular weight is 538 g/mol. The maximum atomic E-state index is 14.0. The van der Waals surface area contributed by atoms with Crippen LogP contribution in [0.25, 0.3) is 11.6 Å². The van der Waals surface area contributed by atoms with E-state index in [-0.39, 0.29) is 18.8 Å². The first-order valence-electron chi connectivity index (χ1n) is 11.7. The molecule has 2 aromatic heterocycles. The Morgan fingerprint density at radius 1 is 1.14 bits per heavy atom. The van der Waals surface area contributed by atoms with Crippen molar-refractivity contribution in [3.63, 3.8) is 0 Å². The quantitative estimate of drug-likeness (QED) is 0.405. The van der Waals surface area contributed by atoms with E-state index in [9.17, 15) is 36.2 Å². The van der Waals surface area contributed by atoms with Gasteiger partial charge in [0.15, 0.2) is 5.69 Å². The molecule has 0 fully saturated rings. The van der Waals surface area contributed by atoms with Crippen LogP contribution in [0.1, 0.15) is 76.9 Å². The summed E-state index contributed by atoms with van der Waals surface area (Å²) in [6.07, 6.45) is -10.9. The number of hydrogen-bond acceptors (Lipinski definition) is 7. The number of fused-ring (bicyclic) bond motifs is 5. The molecule has 0 radical (unpaired) electrons. The van der Waals surface area contributed by atoms with Crippen molar-refractivity contribution < 1.29 is 45.4 Å². The van der Waals surface area contributed by atoms with E-state index in [2.05, 4.69) is 20.5 Å². The fourth-order valence-electron chi connectivity index (χ4n) is 3.96. The standard InChI is InChI=1S/C23H28F6N4O4/c1-12-8-6-5-7-9-21(35,23(27,28)29)18-33-32-17(36-18)16-15(31-19(34)37-20(2,3)4)11-13(22(24,25)26)14(10-12)30-16/h11-12,35H,5-10H2,1-4H3,(H,31,34). The normalized spacial score (nSPS) is 21.8. The van der Waals surface area contributed by atoms with E-state index < -0.39 is 70.5 Å². The molecule has 0 aromatic carbocycles. The summed E-state index contributed by atoms with van der Waals surface area (Å²) in [5.41, 5.74) is -7.05. The molecule has 1 aliphatic heterocycles. The van der Waals surface area contributed by atoms with Gasteiger partial charge in [-0.2, -0.15) is 26.3 Å². The Morgan fingerprint density at radius 3 is 2.41 bits per heavy atom. The molecule has 2 unspecified atom stereocenters. The summed E-state index contributed by atoms with van der Waals surface area (Å²) >= 11 is 0. The average Bonchev–Trinajstić information content (AvgIpc) is 3.21. The minimum atomic E-state index is -5.17. The van der Waals surface area contributed by atoms with Gasteiger partial charge in [0.05, 0.1) is 16.9 Å². The van der Waals surface area contributed by atoms with Gasteiger partial charge in [0.25, 0.3) is 11.8 Å². The number of aliphatic hydroxyl groups is 1. The van der Waals surface area contributed by atoms with Crippen molar-refractivity contribution in [2.24, 2.45) is 5.92 Å². The number of carbonyl (C=O) groups excluding carboxylic acids is 1. The van der Waals surface area contributed by atoms with Gasteiger partial charge in [0, 0.05) is 0 Å². The zero-order valence-corrected chi connectivity index (χ0v) is 20.7. The Morgan fingerprint density at radius 2 is 1.81 bits per heavy atom. The maximum Gasteiger partial charge on any atom is 0.426 e. The smallest absolute Gasteiger partial charge is 0.426 e. The molecule has 2 atom stereocenters. The fourth-order valence-corrected chi connectivity index (χ4v) is 3.96. The van der Waals surface area contributed by atoms with Gasteiger partial charge in [-0.05, 0) is 52.0 Å². The zero-order valence-electron chi connectivity index (χ0n) is 20.7. The summed E-state index contributed by atoms with van der Waals surface area (Å²) in [6, 6.07) is 0.611. The number of rotatable bonds is 1. The third-order valence-corrected chi connectivity index (χ3v) is 5.77. The Kier molecular flexibility index (Phi) is 7.83. The molecule has 37 heavy (non-hydrogen) atoms. The molecule has 0 saturated heterocycles. The summed E-state index contributed by atoms with van der Waals surface area (Å²) in [5, 5.41) is 19.5. The third-order valence-electron chi connectivity index (χ3n) is 5.77. The number of pyridine rings is 1. The molecule has 0 saturated carbocycles. The molecular weight excluding hydrogens is 510 g/mol. The number of alkyl halides is 6. The van der Waals surface area contributed by atoms with Gasteiger partial charge >= 0.3 is 18.4 Å². The highest BCUT2D eigenvalue weighted by Crippen LogP contribution is 2.44. The van der Waals surface area contributed by atoms with E-state index in [4.69, 9.17) is 9.15 Å². The topological polar surface area (TPSA) is 110 Å². The van der Waals surface area contributed by atoms with E-state index in [0.717, 1.165) is 0 Å². The zero-order chi connectivity index (χ0) is 27.8. The van der Waals surface area contributed by atoms with Gasteiger partial charge in [-0.25, -0.2) is 9.78 Å². The van der Waals surface area contributed by atoms with Gasteiger partial charge in [0.2, 0.25) is 5.60 Å². The summed E-state index contributed by atoms with van der Waals surface area (Å²) in [4.78, 5) is 16.4. The van der Waals surface area contributed by atoms with E-state index in [1.807, 2.05) is 0 Å². The molecule has 8 nitrogen and oxygen atoms in total. The second-order valence-electron chi connectivity index (χ2n) is 10.2. The van der Waals surface area contributed by atoms with Crippen molar-refractivity contribution in [1.29, 1.82) is 0 Å². The fraction of sp³-hybridized carbons (Fsp3) is 0.652. The predicted octanol–water partition coefficient (Wildman–Crippen LogP) is 6.39. The van der Waals surface area contributed by atoms with Crippen LogP contribution in [0.5, 0.6) is 0 Å². The van der Waals surface area contributed by atoms with Crippen molar-refractivity contribution in [3.05, 3.63) is 23.2 Å². The number of nitrogens with one attached hydrogen (secondary N) is 1. The Hall–Kier alpha value is -2.90. The van der Waals surface area contributed by atoms with Gasteiger partial charge in [-0.15, -0.1) is 10.2 Å². The molecule has 1 amide bonds. The summed E-state index contributed by atoms with van der Waals surface area (Å²) in [7, 11) is 0. The summed E-state index contributed by atoms with van der Waals surface area (Å²) < 4.78 is 93.7. The van der Waals surface area contributed by atoms with Crippen LogP contribution >= 0.6 is 0 Å². The highest BCUT2D eigenvalue weighted by molar-refractivity contribution is 5.89. The van der Waals surface area contributed by atoms with Crippen molar-refractivity contribution in [2.45, 2.75) is 89.8 Å². The van der Waals surface area contributed by atoms with Crippen LogP contribution in [0.2, 0.25) is 0 Å². The van der Waals surface area contributed by atoms with Crippen LogP contribution in [0.3, 0.4) is 0 Å². The molecule has 14 heteroatoms. The first-order chi connectivity index (χ1) is 16.9. The monoisotopic (exact) mass is 538 g/mol. The summed E-state index contributed by atoms with van der Waals surface area (Å²) in [6.45, 7) is 6.30. The van der Waals surface area contributed by atoms with Crippen LogP contribution in [-0.2, 0) is 22.9 Å². The van der Waals surface area contributed by atoms with E-state index in [0.29, 0.717) is 25.3 Å². The van der Waals surface area contributed by atoms with Crippen molar-refractivity contribution in [2.75, 3.05) is 5.32 Å². The van der Waals surface area contributed by atoms with Gasteiger partial charge in [-0.1, -0.05) is 26.2 Å². The molecule has 2 aromatic rings. The number of nitrogens with zero attached hydrogens (tertiary/aromatic N) is 3. The number of anilines is 1. The number of halogens is 6. The number of carbonyl (C=O) groups is 1. The molecule has 4 bridgehead atoms. The van der Waals surface area contributed by atoms with Crippen molar-refractivity contribution in [3.8, 4) is 11.6 Å². The van der Waals surface area contributed by atoms with E-state index in [1.165, 1.54) is 20.8 Å². The molecule has 1 aliphatic rings. The Balaban J connectivity index is 2.23. The van der Waals surface area contributed by atoms with Crippen molar-refractivity contribution >= 4 is 11.8 Å². The van der Waals surface area contributed by atoms with Crippen LogP contribution in [0.15, 0.2) is 10.5 Å². The molecule has 206 valence electrons. The first kappa shape index (κ1) is 28.7. The van der Waals surface area contributed by atoms with Crippen LogP contribution in [0.4, 0.5) is 36.8 Å². The number of ether oxygens (including phenoxy) is 1. The minimum absolute atomic E-state index is 0.0385. The van der Waals surface area contributed by atoms with E-state index in [1.54, 1.807) is 6.92 Å². The molecule has 3 rings (SSSR count). The second-order valence-corrected chi connectivity index (χ2v) is 10.2. The van der Waals surface area contributed by atoms with Crippen LogP contribution in [0, 0.1) is 5.92 Å². The van der Waals surface area contributed by atoms with Gasteiger partial charge < -0.3 is 14.3 Å². The molecule has 3 heterocycles. The van der Waals surface area contributed by atoms with Crippen LogP contribution in [-0.4, -0.2) is 38.2 Å². The Bertz CT molecular complexity index is 1130. The number of hydrogen-bond donors (Lipinski definition) is 2. The van der Waals surface area contributed by atoms with Gasteiger partial charge in [-0.3, -0.25) is 5.32 Å². The summed E-state index contributed by atoms with van der Waals surface area (Å²) in [5.74, 6) is -2.18. The van der Waals surface area contributed by atoms with Crippen LogP contribution < -0.4 is 5.32 Å². The minimum Gasteiger partial charge on any atom is -0.444 e. The lowest BCUT2D eigenvalue weighted by Crippen LogP contribution is -2.42. The first-order valence-corrected chi connectivity index (χ1v) is 11.7. The van der Waals surface area contributed by atoms with Gasteiger partial charge in [0.1, 0.15) is 5.60 Å². The second kappa shape index (κ2) is 10.1. The maximum absolute atomic E-state index is 14.0. The number of amides is 1. The molecular formula is C23H28F6N4O4.